The average molecular weight is 276 g/mol. The second-order valence-corrected chi connectivity index (χ2v) is 4.94. The fraction of sp³-hybridized carbons (Fsp3) is 0.583. The summed E-state index contributed by atoms with van der Waals surface area (Å²) in [6.07, 6.45) is -1.97. The molecule has 1 aromatic heterocycles. The quantitative estimate of drug-likeness (QED) is 0.915. The van der Waals surface area contributed by atoms with Crippen molar-refractivity contribution in [2.75, 3.05) is 0 Å². The molecular weight excluding hydrogens is 261 g/mol. The Hall–Kier alpha value is -1.50. The van der Waals surface area contributed by atoms with Crippen LogP contribution in [0.25, 0.3) is 0 Å². The Morgan fingerprint density at radius 3 is 2.58 bits per heavy atom. The second-order valence-electron chi connectivity index (χ2n) is 4.94. The van der Waals surface area contributed by atoms with Crippen LogP contribution >= 0.6 is 0 Å². The van der Waals surface area contributed by atoms with Crippen molar-refractivity contribution in [3.05, 3.63) is 24.2 Å². The standard InChI is InChI=1S/C12H15F3N2O2/c1-11(16,12(13,14)15)10(18)17(8-4-5-8)7-9-3-2-6-19-9/h2-3,6,8H,4-5,7,16H2,1H3. The van der Waals surface area contributed by atoms with E-state index in [4.69, 9.17) is 10.2 Å². The number of furan rings is 1. The van der Waals surface area contributed by atoms with E-state index in [1.54, 1.807) is 12.1 Å². The van der Waals surface area contributed by atoms with E-state index >= 15 is 0 Å². The molecule has 0 aliphatic heterocycles. The monoisotopic (exact) mass is 276 g/mol. The molecule has 1 saturated carbocycles. The summed E-state index contributed by atoms with van der Waals surface area (Å²) in [7, 11) is 0. The number of halogens is 3. The number of amides is 1. The zero-order valence-corrected chi connectivity index (χ0v) is 10.4. The highest BCUT2D eigenvalue weighted by Gasteiger charge is 2.56. The maximum absolute atomic E-state index is 12.8. The maximum Gasteiger partial charge on any atom is 0.415 e. The van der Waals surface area contributed by atoms with Crippen molar-refractivity contribution in [2.45, 2.75) is 44.1 Å². The number of nitrogens with two attached hydrogens (primary N) is 1. The van der Waals surface area contributed by atoms with Crippen molar-refractivity contribution in [3.8, 4) is 0 Å². The summed E-state index contributed by atoms with van der Waals surface area (Å²) in [6.45, 7) is 0.715. The predicted octanol–water partition coefficient (Wildman–Crippen LogP) is 2.05. The topological polar surface area (TPSA) is 59.5 Å². The molecule has 19 heavy (non-hydrogen) atoms. The molecule has 1 atom stereocenters. The molecule has 4 nitrogen and oxygen atoms in total. The van der Waals surface area contributed by atoms with Crippen LogP contribution < -0.4 is 5.73 Å². The van der Waals surface area contributed by atoms with Crippen LogP contribution in [-0.2, 0) is 11.3 Å². The average Bonchev–Trinajstić information content (AvgIpc) is 3.01. The molecule has 2 N–H and O–H groups in total. The van der Waals surface area contributed by atoms with E-state index in [9.17, 15) is 18.0 Å². The van der Waals surface area contributed by atoms with Crippen LogP contribution in [0.4, 0.5) is 13.2 Å². The molecule has 0 spiro atoms. The summed E-state index contributed by atoms with van der Waals surface area (Å²) >= 11 is 0. The predicted molar refractivity (Wildman–Crippen MR) is 60.9 cm³/mol. The Balaban J connectivity index is 2.18. The Kier molecular flexibility index (Phi) is 3.34. The van der Waals surface area contributed by atoms with Gasteiger partial charge in [-0.05, 0) is 31.9 Å². The van der Waals surface area contributed by atoms with Crippen LogP contribution in [0.15, 0.2) is 22.8 Å². The first-order valence-electron chi connectivity index (χ1n) is 5.92. The van der Waals surface area contributed by atoms with Crippen LogP contribution in [-0.4, -0.2) is 28.6 Å². The number of carbonyl (C=O) groups excluding carboxylic acids is 1. The molecular formula is C12H15F3N2O2. The van der Waals surface area contributed by atoms with Gasteiger partial charge in [0.25, 0.3) is 5.91 Å². The van der Waals surface area contributed by atoms with E-state index in [-0.39, 0.29) is 12.6 Å². The van der Waals surface area contributed by atoms with Gasteiger partial charge in [-0.2, -0.15) is 13.2 Å². The zero-order valence-electron chi connectivity index (χ0n) is 10.4. The minimum absolute atomic E-state index is 0.0133. The third-order valence-corrected chi connectivity index (χ3v) is 3.19. The molecule has 0 aromatic carbocycles. The van der Waals surface area contributed by atoms with Gasteiger partial charge in [-0.3, -0.25) is 4.79 Å². The van der Waals surface area contributed by atoms with Crippen molar-refractivity contribution in [2.24, 2.45) is 5.73 Å². The molecule has 1 amide bonds. The highest BCUT2D eigenvalue weighted by atomic mass is 19.4. The van der Waals surface area contributed by atoms with Gasteiger partial charge < -0.3 is 15.1 Å². The molecule has 106 valence electrons. The number of hydrogen-bond donors (Lipinski definition) is 1. The minimum Gasteiger partial charge on any atom is -0.467 e. The van der Waals surface area contributed by atoms with Gasteiger partial charge in [-0.15, -0.1) is 0 Å². The van der Waals surface area contributed by atoms with E-state index in [2.05, 4.69) is 0 Å². The summed E-state index contributed by atoms with van der Waals surface area (Å²) in [6, 6.07) is 3.06. The van der Waals surface area contributed by atoms with Gasteiger partial charge in [0, 0.05) is 6.04 Å². The lowest BCUT2D eigenvalue weighted by molar-refractivity contribution is -0.194. The van der Waals surface area contributed by atoms with Gasteiger partial charge >= 0.3 is 6.18 Å². The molecule has 1 aliphatic rings. The largest absolute Gasteiger partial charge is 0.467 e. The first-order chi connectivity index (χ1) is 8.73. The van der Waals surface area contributed by atoms with Crippen molar-refractivity contribution >= 4 is 5.91 Å². The molecule has 1 aromatic rings. The van der Waals surface area contributed by atoms with E-state index in [1.165, 1.54) is 6.26 Å². The van der Waals surface area contributed by atoms with E-state index in [1.807, 2.05) is 0 Å². The summed E-state index contributed by atoms with van der Waals surface area (Å²) in [5.74, 6) is -0.669. The summed E-state index contributed by atoms with van der Waals surface area (Å²) in [5, 5.41) is 0. The van der Waals surface area contributed by atoms with Crippen LogP contribution in [0.3, 0.4) is 0 Å². The summed E-state index contributed by atoms with van der Waals surface area (Å²) in [4.78, 5) is 13.2. The minimum atomic E-state index is -4.78. The smallest absolute Gasteiger partial charge is 0.415 e. The lowest BCUT2D eigenvalue weighted by Gasteiger charge is -2.32. The molecule has 1 unspecified atom stereocenters. The first-order valence-corrected chi connectivity index (χ1v) is 5.92. The van der Waals surface area contributed by atoms with Gasteiger partial charge in [0.1, 0.15) is 5.76 Å². The molecule has 1 aliphatic carbocycles. The number of hydrogen-bond acceptors (Lipinski definition) is 3. The second kappa shape index (κ2) is 4.56. The molecule has 0 bridgehead atoms. The lowest BCUT2D eigenvalue weighted by atomic mass is 10.0. The van der Waals surface area contributed by atoms with Crippen molar-refractivity contribution in [3.63, 3.8) is 0 Å². The van der Waals surface area contributed by atoms with Crippen molar-refractivity contribution in [1.29, 1.82) is 0 Å². The van der Waals surface area contributed by atoms with Gasteiger partial charge in [0.15, 0.2) is 5.54 Å². The molecule has 0 saturated heterocycles. The number of alkyl halides is 3. The van der Waals surface area contributed by atoms with Gasteiger partial charge in [0.05, 0.1) is 12.8 Å². The zero-order chi connectivity index (χ0) is 14.3. The fourth-order valence-electron chi connectivity index (χ4n) is 1.74. The Bertz CT molecular complexity index is 450. The molecule has 2 rings (SSSR count). The molecule has 0 radical (unpaired) electrons. The van der Waals surface area contributed by atoms with Gasteiger partial charge in [-0.25, -0.2) is 0 Å². The summed E-state index contributed by atoms with van der Waals surface area (Å²) < 4.78 is 43.5. The fourth-order valence-corrected chi connectivity index (χ4v) is 1.74. The highest BCUT2D eigenvalue weighted by Crippen LogP contribution is 2.35. The van der Waals surface area contributed by atoms with Gasteiger partial charge in [0.2, 0.25) is 0 Å². The normalized spacial score (nSPS) is 19.0. The third-order valence-electron chi connectivity index (χ3n) is 3.19. The third kappa shape index (κ3) is 2.75. The van der Waals surface area contributed by atoms with Crippen molar-refractivity contribution < 1.29 is 22.4 Å². The van der Waals surface area contributed by atoms with Crippen LogP contribution in [0, 0.1) is 0 Å². The Labute approximate surface area is 108 Å². The number of carbonyl (C=O) groups is 1. The molecule has 7 heteroatoms. The maximum atomic E-state index is 12.8. The van der Waals surface area contributed by atoms with E-state index in [0.29, 0.717) is 25.5 Å². The molecule has 1 heterocycles. The van der Waals surface area contributed by atoms with Crippen molar-refractivity contribution in [1.82, 2.24) is 4.90 Å². The van der Waals surface area contributed by atoms with E-state index < -0.39 is 17.6 Å². The SMILES string of the molecule is CC(N)(C(=O)N(Cc1ccco1)C1CC1)C(F)(F)F. The van der Waals surface area contributed by atoms with Crippen LogP contribution in [0.5, 0.6) is 0 Å². The van der Waals surface area contributed by atoms with Crippen LogP contribution in [0.2, 0.25) is 0 Å². The number of rotatable bonds is 4. The van der Waals surface area contributed by atoms with Crippen LogP contribution in [0.1, 0.15) is 25.5 Å². The summed E-state index contributed by atoms with van der Waals surface area (Å²) in [5.41, 5.74) is 2.31. The molecule has 1 fully saturated rings. The lowest BCUT2D eigenvalue weighted by Crippen LogP contribution is -2.62. The van der Waals surface area contributed by atoms with E-state index in [0.717, 1.165) is 4.90 Å². The first kappa shape index (κ1) is 13.9. The van der Waals surface area contributed by atoms with Gasteiger partial charge in [-0.1, -0.05) is 0 Å². The highest BCUT2D eigenvalue weighted by molar-refractivity contribution is 5.87. The Morgan fingerprint density at radius 2 is 2.16 bits per heavy atom. The number of nitrogens with zero attached hydrogens (tertiary/aromatic N) is 1. The Morgan fingerprint density at radius 1 is 1.53 bits per heavy atom.